The van der Waals surface area contributed by atoms with Crippen molar-refractivity contribution in [3.8, 4) is 0 Å². The lowest BCUT2D eigenvalue weighted by Gasteiger charge is -2.31. The summed E-state index contributed by atoms with van der Waals surface area (Å²) in [5, 5.41) is 4.22. The smallest absolute Gasteiger partial charge is 0.231 e. The van der Waals surface area contributed by atoms with Gasteiger partial charge < -0.3 is 14.2 Å². The summed E-state index contributed by atoms with van der Waals surface area (Å²) in [7, 11) is 0. The molecule has 4 rings (SSSR count). The molecule has 2 aliphatic rings. The topological polar surface area (TPSA) is 68.5 Å². The number of nitrogens with zero attached hydrogens (tertiary/aromatic N) is 3. The second-order valence-corrected chi connectivity index (χ2v) is 7.90. The monoisotopic (exact) mass is 383 g/mol. The third-order valence-electron chi connectivity index (χ3n) is 5.87. The molecule has 0 radical (unpaired) electrons. The number of rotatable bonds is 6. The van der Waals surface area contributed by atoms with Gasteiger partial charge in [0.25, 0.3) is 0 Å². The van der Waals surface area contributed by atoms with Crippen LogP contribution in [-0.4, -0.2) is 47.3 Å². The maximum Gasteiger partial charge on any atom is 0.231 e. The molecule has 150 valence electrons. The molecule has 0 spiro atoms. The van der Waals surface area contributed by atoms with E-state index in [0.717, 1.165) is 64.1 Å². The molecule has 2 aromatic rings. The van der Waals surface area contributed by atoms with Crippen molar-refractivity contribution in [2.75, 3.05) is 26.3 Å². The highest BCUT2D eigenvalue weighted by molar-refractivity contribution is 5.76. The quantitative estimate of drug-likeness (QED) is 0.761. The zero-order valence-corrected chi connectivity index (χ0v) is 16.4. The van der Waals surface area contributed by atoms with Gasteiger partial charge in [0.15, 0.2) is 5.82 Å². The van der Waals surface area contributed by atoms with Gasteiger partial charge in [0, 0.05) is 38.6 Å². The van der Waals surface area contributed by atoms with Gasteiger partial charge in [-0.3, -0.25) is 4.79 Å². The number of aryl methyl sites for hydroxylation is 1. The van der Waals surface area contributed by atoms with Gasteiger partial charge in [-0.15, -0.1) is 0 Å². The third kappa shape index (κ3) is 4.79. The Balaban J connectivity index is 1.29. The van der Waals surface area contributed by atoms with Crippen molar-refractivity contribution in [3.05, 3.63) is 47.6 Å². The Bertz CT molecular complexity index is 755. The fraction of sp³-hybridized carbons (Fsp3) is 0.591. The minimum absolute atomic E-state index is 0.160. The van der Waals surface area contributed by atoms with Gasteiger partial charge in [-0.2, -0.15) is 4.98 Å². The molecule has 0 N–H and O–H groups in total. The molecule has 1 aromatic carbocycles. The molecule has 2 fully saturated rings. The SMILES string of the molecule is O=C(CCCc1ccccc1)N1CCCC(c2nc(C3CCOCC3)no2)C1. The molecule has 1 aromatic heterocycles. The average Bonchev–Trinajstić information content (AvgIpc) is 3.26. The molecule has 6 heteroatoms. The predicted octanol–water partition coefficient (Wildman–Crippen LogP) is 3.69. The zero-order chi connectivity index (χ0) is 19.2. The minimum Gasteiger partial charge on any atom is -0.381 e. The predicted molar refractivity (Wildman–Crippen MR) is 105 cm³/mol. The van der Waals surface area contributed by atoms with Crippen LogP contribution in [0.4, 0.5) is 0 Å². The summed E-state index contributed by atoms with van der Waals surface area (Å²) in [6.45, 7) is 3.06. The van der Waals surface area contributed by atoms with Crippen LogP contribution in [0.5, 0.6) is 0 Å². The zero-order valence-electron chi connectivity index (χ0n) is 16.4. The average molecular weight is 383 g/mol. The maximum absolute atomic E-state index is 12.7. The van der Waals surface area contributed by atoms with Crippen LogP contribution in [0.25, 0.3) is 0 Å². The molecule has 0 aliphatic carbocycles. The number of hydrogen-bond donors (Lipinski definition) is 0. The molecule has 1 unspecified atom stereocenters. The largest absolute Gasteiger partial charge is 0.381 e. The van der Waals surface area contributed by atoms with E-state index in [1.165, 1.54) is 5.56 Å². The summed E-state index contributed by atoms with van der Waals surface area (Å²) in [5.41, 5.74) is 1.29. The number of amides is 1. The number of carbonyl (C=O) groups excluding carboxylic acids is 1. The van der Waals surface area contributed by atoms with Crippen molar-refractivity contribution >= 4 is 5.91 Å². The summed E-state index contributed by atoms with van der Waals surface area (Å²) in [4.78, 5) is 19.3. The van der Waals surface area contributed by atoms with Gasteiger partial charge in [0.2, 0.25) is 11.8 Å². The van der Waals surface area contributed by atoms with E-state index in [1.807, 2.05) is 23.1 Å². The first-order valence-corrected chi connectivity index (χ1v) is 10.5. The Morgan fingerprint density at radius 1 is 1.11 bits per heavy atom. The van der Waals surface area contributed by atoms with E-state index in [4.69, 9.17) is 9.26 Å². The standard InChI is InChI=1S/C22H29N3O3/c26-20(10-4-8-17-6-2-1-3-7-17)25-13-5-9-19(16-25)22-23-21(24-28-22)18-11-14-27-15-12-18/h1-3,6-7,18-19H,4-5,8-16H2. The molecule has 2 aliphatic heterocycles. The van der Waals surface area contributed by atoms with Crippen LogP contribution < -0.4 is 0 Å². The van der Waals surface area contributed by atoms with E-state index in [1.54, 1.807) is 0 Å². The summed E-state index contributed by atoms with van der Waals surface area (Å²) in [5.74, 6) is 2.25. The minimum atomic E-state index is 0.160. The fourth-order valence-corrected chi connectivity index (χ4v) is 4.19. The molecule has 28 heavy (non-hydrogen) atoms. The molecule has 0 saturated carbocycles. The first-order valence-electron chi connectivity index (χ1n) is 10.5. The summed E-state index contributed by atoms with van der Waals surface area (Å²) in [6.07, 6.45) is 6.33. The van der Waals surface area contributed by atoms with E-state index in [0.29, 0.717) is 24.8 Å². The first-order chi connectivity index (χ1) is 13.8. The first kappa shape index (κ1) is 19.1. The normalized spacial score (nSPS) is 21.0. The lowest BCUT2D eigenvalue weighted by Crippen LogP contribution is -2.39. The van der Waals surface area contributed by atoms with Crippen molar-refractivity contribution < 1.29 is 14.1 Å². The van der Waals surface area contributed by atoms with Crippen LogP contribution in [0.15, 0.2) is 34.9 Å². The number of benzene rings is 1. The second-order valence-electron chi connectivity index (χ2n) is 7.90. The lowest BCUT2D eigenvalue weighted by molar-refractivity contribution is -0.132. The number of aromatic nitrogens is 2. The number of piperidine rings is 1. The fourth-order valence-electron chi connectivity index (χ4n) is 4.19. The van der Waals surface area contributed by atoms with Crippen LogP contribution in [0.2, 0.25) is 0 Å². The maximum atomic E-state index is 12.7. The van der Waals surface area contributed by atoms with Gasteiger partial charge in [-0.05, 0) is 44.1 Å². The van der Waals surface area contributed by atoms with E-state index in [2.05, 4.69) is 22.3 Å². The molecule has 6 nitrogen and oxygen atoms in total. The van der Waals surface area contributed by atoms with Crippen LogP contribution in [-0.2, 0) is 16.0 Å². The van der Waals surface area contributed by atoms with Gasteiger partial charge in [-0.1, -0.05) is 35.5 Å². The van der Waals surface area contributed by atoms with E-state index < -0.39 is 0 Å². The second kappa shape index (κ2) is 9.32. The van der Waals surface area contributed by atoms with Crippen molar-refractivity contribution in [1.29, 1.82) is 0 Å². The van der Waals surface area contributed by atoms with Crippen molar-refractivity contribution in [2.24, 2.45) is 0 Å². The van der Waals surface area contributed by atoms with Gasteiger partial charge in [0.05, 0.1) is 5.92 Å². The van der Waals surface area contributed by atoms with Crippen LogP contribution in [0, 0.1) is 0 Å². The molecular weight excluding hydrogens is 354 g/mol. The number of hydrogen-bond acceptors (Lipinski definition) is 5. The molecule has 1 atom stereocenters. The van der Waals surface area contributed by atoms with Crippen molar-refractivity contribution in [2.45, 2.75) is 56.8 Å². The Morgan fingerprint density at radius 3 is 2.75 bits per heavy atom. The van der Waals surface area contributed by atoms with Crippen LogP contribution in [0.1, 0.15) is 67.6 Å². The highest BCUT2D eigenvalue weighted by Gasteiger charge is 2.29. The summed E-state index contributed by atoms with van der Waals surface area (Å²) in [6, 6.07) is 10.4. The molecule has 2 saturated heterocycles. The van der Waals surface area contributed by atoms with Crippen LogP contribution >= 0.6 is 0 Å². The van der Waals surface area contributed by atoms with Gasteiger partial charge in [-0.25, -0.2) is 0 Å². The van der Waals surface area contributed by atoms with E-state index in [9.17, 15) is 4.79 Å². The lowest BCUT2D eigenvalue weighted by atomic mass is 9.96. The van der Waals surface area contributed by atoms with Crippen molar-refractivity contribution in [3.63, 3.8) is 0 Å². The van der Waals surface area contributed by atoms with E-state index in [-0.39, 0.29) is 11.8 Å². The molecule has 1 amide bonds. The Kier molecular flexibility index (Phi) is 6.37. The molecule has 3 heterocycles. The number of ether oxygens (including phenoxy) is 1. The number of carbonyl (C=O) groups is 1. The Labute approximate surface area is 166 Å². The van der Waals surface area contributed by atoms with E-state index >= 15 is 0 Å². The highest BCUT2D eigenvalue weighted by atomic mass is 16.5. The highest BCUT2D eigenvalue weighted by Crippen LogP contribution is 2.29. The summed E-state index contributed by atoms with van der Waals surface area (Å²) >= 11 is 0. The summed E-state index contributed by atoms with van der Waals surface area (Å²) < 4.78 is 11.0. The molecule has 0 bridgehead atoms. The molecular formula is C22H29N3O3. The Morgan fingerprint density at radius 2 is 1.93 bits per heavy atom. The third-order valence-corrected chi connectivity index (χ3v) is 5.87. The van der Waals surface area contributed by atoms with Gasteiger partial charge >= 0.3 is 0 Å². The number of likely N-dealkylation sites (tertiary alicyclic amines) is 1. The van der Waals surface area contributed by atoms with Gasteiger partial charge in [0.1, 0.15) is 0 Å². The van der Waals surface area contributed by atoms with Crippen molar-refractivity contribution in [1.82, 2.24) is 15.0 Å². The Hall–Kier alpha value is -2.21. The van der Waals surface area contributed by atoms with Crippen LogP contribution in [0.3, 0.4) is 0 Å².